The summed E-state index contributed by atoms with van der Waals surface area (Å²) in [5, 5.41) is 0. The van der Waals surface area contributed by atoms with Crippen LogP contribution in [0.1, 0.15) is 12.8 Å². The predicted octanol–water partition coefficient (Wildman–Crippen LogP) is 2.10. The molecule has 0 aliphatic carbocycles. The third kappa shape index (κ3) is 0.959. The summed E-state index contributed by atoms with van der Waals surface area (Å²) in [7, 11) is 1.37. The zero-order valence-electron chi connectivity index (χ0n) is 3.45. The minimum Gasteiger partial charge on any atom is -0.0884 e. The SMILES string of the molecule is ClC1=PCCC1. The molecule has 0 saturated heterocycles. The fourth-order valence-corrected chi connectivity index (χ4v) is 1.77. The topological polar surface area (TPSA) is 0 Å². The lowest BCUT2D eigenvalue weighted by atomic mass is 10.4. The van der Waals surface area contributed by atoms with Gasteiger partial charge in [0.1, 0.15) is 0 Å². The van der Waals surface area contributed by atoms with E-state index in [2.05, 4.69) is 0 Å². The van der Waals surface area contributed by atoms with Gasteiger partial charge >= 0.3 is 0 Å². The molecule has 1 heterocycles. The van der Waals surface area contributed by atoms with E-state index in [1.165, 1.54) is 20.8 Å². The largest absolute Gasteiger partial charge is 0.0884 e. The Morgan fingerprint density at radius 1 is 1.67 bits per heavy atom. The fraction of sp³-hybridized carbons (Fsp3) is 0.750. The summed E-state index contributed by atoms with van der Waals surface area (Å²) < 4.78 is 1.15. The van der Waals surface area contributed by atoms with E-state index in [-0.39, 0.29) is 0 Å². The molecule has 0 unspecified atom stereocenters. The van der Waals surface area contributed by atoms with Crippen molar-refractivity contribution in [3.05, 3.63) is 0 Å². The smallest absolute Gasteiger partial charge is 0.0409 e. The average molecular weight is 121 g/mol. The van der Waals surface area contributed by atoms with Gasteiger partial charge < -0.3 is 0 Å². The molecule has 0 amide bonds. The maximum Gasteiger partial charge on any atom is 0.0409 e. The molecule has 0 aromatic rings. The first-order chi connectivity index (χ1) is 2.89. The van der Waals surface area contributed by atoms with Crippen molar-refractivity contribution in [1.29, 1.82) is 0 Å². The zero-order chi connectivity index (χ0) is 4.41. The van der Waals surface area contributed by atoms with Gasteiger partial charge in [-0.05, 0) is 19.0 Å². The van der Waals surface area contributed by atoms with Gasteiger partial charge in [-0.3, -0.25) is 0 Å². The Hall–Kier alpha value is 0.460. The lowest BCUT2D eigenvalue weighted by Crippen LogP contribution is -1.71. The molecule has 34 valence electrons. The summed E-state index contributed by atoms with van der Waals surface area (Å²) >= 11 is 5.62. The predicted molar refractivity (Wildman–Crippen MR) is 31.9 cm³/mol. The van der Waals surface area contributed by atoms with Crippen LogP contribution in [0.4, 0.5) is 0 Å². The summed E-state index contributed by atoms with van der Waals surface area (Å²) in [6.45, 7) is 0. The normalized spacial score (nSPS) is 23.8. The van der Waals surface area contributed by atoms with E-state index >= 15 is 0 Å². The van der Waals surface area contributed by atoms with Crippen LogP contribution < -0.4 is 0 Å². The summed E-state index contributed by atoms with van der Waals surface area (Å²) in [5.74, 6) is 0. The van der Waals surface area contributed by atoms with Crippen molar-refractivity contribution < 1.29 is 0 Å². The van der Waals surface area contributed by atoms with Crippen molar-refractivity contribution >= 4 is 24.6 Å². The van der Waals surface area contributed by atoms with E-state index in [1.54, 1.807) is 0 Å². The van der Waals surface area contributed by atoms with Gasteiger partial charge in [0.15, 0.2) is 0 Å². The van der Waals surface area contributed by atoms with Gasteiger partial charge in [0.25, 0.3) is 0 Å². The zero-order valence-corrected chi connectivity index (χ0v) is 5.10. The molecule has 1 rings (SSSR count). The van der Waals surface area contributed by atoms with Gasteiger partial charge in [-0.15, -0.1) is 0 Å². The summed E-state index contributed by atoms with van der Waals surface area (Å²) in [5.41, 5.74) is 0. The van der Waals surface area contributed by atoms with E-state index in [0.29, 0.717) is 0 Å². The monoisotopic (exact) mass is 120 g/mol. The molecule has 0 N–H and O–H groups in total. The second-order valence-corrected chi connectivity index (χ2v) is 3.38. The van der Waals surface area contributed by atoms with Gasteiger partial charge in [0, 0.05) is 4.75 Å². The maximum atomic E-state index is 5.62. The lowest BCUT2D eigenvalue weighted by molar-refractivity contribution is 1.04. The van der Waals surface area contributed by atoms with Crippen LogP contribution in [0.2, 0.25) is 0 Å². The molecule has 0 atom stereocenters. The van der Waals surface area contributed by atoms with Crippen molar-refractivity contribution in [3.8, 4) is 0 Å². The first kappa shape index (κ1) is 4.61. The Kier molecular flexibility index (Phi) is 1.50. The third-order valence-electron chi connectivity index (χ3n) is 0.825. The van der Waals surface area contributed by atoms with Crippen molar-refractivity contribution in [2.75, 3.05) is 6.16 Å². The van der Waals surface area contributed by atoms with Crippen LogP contribution in [0.15, 0.2) is 0 Å². The molecular formula is C4H6ClP. The molecule has 0 aromatic carbocycles. The molecule has 0 radical (unpaired) electrons. The molecule has 1 aliphatic rings. The molecule has 0 aromatic heterocycles. The fourth-order valence-electron chi connectivity index (χ4n) is 0.504. The molecule has 2 heteroatoms. The minimum absolute atomic E-state index is 1.15. The molecule has 0 bridgehead atoms. The highest BCUT2D eigenvalue weighted by Crippen LogP contribution is 2.18. The van der Waals surface area contributed by atoms with E-state index < -0.39 is 0 Å². The minimum atomic E-state index is 1.15. The second kappa shape index (κ2) is 1.95. The van der Waals surface area contributed by atoms with E-state index in [0.717, 1.165) is 11.2 Å². The van der Waals surface area contributed by atoms with E-state index in [9.17, 15) is 0 Å². The van der Waals surface area contributed by atoms with Crippen LogP contribution >= 0.6 is 19.8 Å². The Morgan fingerprint density at radius 3 is 2.67 bits per heavy atom. The van der Waals surface area contributed by atoms with Crippen LogP contribution in [0.25, 0.3) is 0 Å². The highest BCUT2D eigenvalue weighted by molar-refractivity contribution is 7.46. The van der Waals surface area contributed by atoms with Crippen LogP contribution in [0, 0.1) is 0 Å². The standard InChI is InChI=1S/C4H6ClP/c5-4-2-1-3-6-4/h1-3H2. The van der Waals surface area contributed by atoms with Crippen LogP contribution in [0.5, 0.6) is 0 Å². The number of hydrogen-bond acceptors (Lipinski definition) is 0. The van der Waals surface area contributed by atoms with Crippen LogP contribution in [0.3, 0.4) is 0 Å². The molecule has 0 nitrogen and oxygen atoms in total. The first-order valence-electron chi connectivity index (χ1n) is 2.08. The molecule has 0 fully saturated rings. The molecule has 6 heavy (non-hydrogen) atoms. The first-order valence-corrected chi connectivity index (χ1v) is 3.54. The average Bonchev–Trinajstić information content (AvgIpc) is 1.86. The Morgan fingerprint density at radius 2 is 2.50 bits per heavy atom. The number of rotatable bonds is 0. The highest BCUT2D eigenvalue weighted by Gasteiger charge is 1.98. The van der Waals surface area contributed by atoms with Gasteiger partial charge in [-0.25, -0.2) is 0 Å². The summed E-state index contributed by atoms with van der Waals surface area (Å²) in [6.07, 6.45) is 3.75. The van der Waals surface area contributed by atoms with Gasteiger partial charge in [-0.1, -0.05) is 19.8 Å². The third-order valence-corrected chi connectivity index (χ3v) is 2.48. The van der Waals surface area contributed by atoms with E-state index in [1.807, 2.05) is 0 Å². The molecule has 0 spiro atoms. The summed E-state index contributed by atoms with van der Waals surface area (Å²) in [6, 6.07) is 0. The van der Waals surface area contributed by atoms with Crippen molar-refractivity contribution in [3.63, 3.8) is 0 Å². The Bertz CT molecular complexity index is 77.6. The van der Waals surface area contributed by atoms with Crippen molar-refractivity contribution in [2.24, 2.45) is 0 Å². The lowest BCUT2D eigenvalue weighted by Gasteiger charge is -1.75. The quantitative estimate of drug-likeness (QED) is 0.430. The Labute approximate surface area is 44.3 Å². The summed E-state index contributed by atoms with van der Waals surface area (Å²) in [4.78, 5) is 0. The number of halogens is 1. The maximum absolute atomic E-state index is 5.62. The molecule has 1 aliphatic heterocycles. The molecule has 0 saturated carbocycles. The van der Waals surface area contributed by atoms with Gasteiger partial charge in [-0.2, -0.15) is 0 Å². The highest BCUT2D eigenvalue weighted by atomic mass is 35.5. The van der Waals surface area contributed by atoms with Crippen LogP contribution in [-0.2, 0) is 0 Å². The second-order valence-electron chi connectivity index (χ2n) is 1.36. The number of hydrogen-bond donors (Lipinski definition) is 0. The van der Waals surface area contributed by atoms with E-state index in [4.69, 9.17) is 11.6 Å². The Balaban J connectivity index is 2.45. The van der Waals surface area contributed by atoms with Crippen molar-refractivity contribution in [2.45, 2.75) is 12.8 Å². The molecular weight excluding hydrogens is 114 g/mol. The van der Waals surface area contributed by atoms with Crippen molar-refractivity contribution in [1.82, 2.24) is 0 Å². The van der Waals surface area contributed by atoms with Gasteiger partial charge in [0.05, 0.1) is 0 Å². The van der Waals surface area contributed by atoms with Gasteiger partial charge in [0.2, 0.25) is 0 Å². The van der Waals surface area contributed by atoms with Crippen LogP contribution in [-0.4, -0.2) is 10.9 Å².